The number of aryl methyl sites for hydroxylation is 1. The largest absolute Gasteiger partial charge is 0.497 e. The Labute approximate surface area is 254 Å². The van der Waals surface area contributed by atoms with Crippen LogP contribution in [-0.2, 0) is 26.2 Å². The Morgan fingerprint density at radius 3 is 2.02 bits per heavy atom. The Balaban J connectivity index is 2.11. The van der Waals surface area contributed by atoms with E-state index in [0.29, 0.717) is 17.9 Å². The second kappa shape index (κ2) is 14.8. The van der Waals surface area contributed by atoms with Crippen molar-refractivity contribution in [2.45, 2.75) is 57.6 Å². The van der Waals surface area contributed by atoms with Gasteiger partial charge in [0.15, 0.2) is 0 Å². The summed E-state index contributed by atoms with van der Waals surface area (Å²) in [6.45, 7) is 6.77. The predicted octanol–water partition coefficient (Wildman–Crippen LogP) is 4.55. The monoisotopic (exact) mass is 611 g/mol. The first-order valence-electron chi connectivity index (χ1n) is 14.0. The van der Waals surface area contributed by atoms with Crippen LogP contribution in [0, 0.1) is 6.92 Å². The van der Waals surface area contributed by atoms with E-state index in [1.165, 1.54) is 37.3 Å². The van der Waals surface area contributed by atoms with Crippen molar-refractivity contribution in [1.29, 1.82) is 0 Å². The van der Waals surface area contributed by atoms with Crippen LogP contribution in [0.2, 0.25) is 0 Å². The van der Waals surface area contributed by atoms with E-state index in [-0.39, 0.29) is 34.8 Å². The molecule has 2 atom stereocenters. The van der Waals surface area contributed by atoms with Gasteiger partial charge in [-0.3, -0.25) is 13.9 Å². The highest BCUT2D eigenvalue weighted by Gasteiger charge is 2.34. The molecule has 0 spiro atoms. The van der Waals surface area contributed by atoms with Crippen LogP contribution in [0.5, 0.6) is 17.2 Å². The first-order chi connectivity index (χ1) is 20.4. The minimum atomic E-state index is -4.27. The van der Waals surface area contributed by atoms with Crippen molar-refractivity contribution in [2.24, 2.45) is 0 Å². The highest BCUT2D eigenvalue weighted by molar-refractivity contribution is 7.92. The minimum absolute atomic E-state index is 0.0000366. The third-order valence-corrected chi connectivity index (χ3v) is 9.00. The number of amides is 2. The zero-order valence-corrected chi connectivity index (χ0v) is 26.6. The van der Waals surface area contributed by atoms with E-state index in [4.69, 9.17) is 14.2 Å². The molecule has 1 N–H and O–H groups in total. The van der Waals surface area contributed by atoms with Crippen LogP contribution in [0.4, 0.5) is 5.69 Å². The summed E-state index contributed by atoms with van der Waals surface area (Å²) in [6.07, 6.45) is 0.711. The number of ether oxygens (including phenoxy) is 3. The smallest absolute Gasteiger partial charge is 0.264 e. The molecule has 3 aromatic carbocycles. The van der Waals surface area contributed by atoms with Crippen LogP contribution in [-0.4, -0.2) is 65.1 Å². The maximum atomic E-state index is 14.2. The predicted molar refractivity (Wildman–Crippen MR) is 166 cm³/mol. The summed E-state index contributed by atoms with van der Waals surface area (Å²) in [5.74, 6) is 0.327. The van der Waals surface area contributed by atoms with Gasteiger partial charge in [0.2, 0.25) is 11.8 Å². The molecule has 0 unspecified atom stereocenters. The lowest BCUT2D eigenvalue weighted by atomic mass is 10.1. The topological polar surface area (TPSA) is 114 Å². The van der Waals surface area contributed by atoms with Crippen molar-refractivity contribution < 1.29 is 32.2 Å². The summed E-state index contributed by atoms with van der Waals surface area (Å²) in [5.41, 5.74) is 1.74. The molecule has 0 aliphatic carbocycles. The zero-order chi connectivity index (χ0) is 31.7. The standard InChI is InChI=1S/C32H41N3O7S/c1-8-23(3)33-32(37)24(4)34(20-25-11-13-26(40-5)14-12-25)31(36)21-35(29-19-27(41-6)15-18-30(29)42-7)43(38,39)28-16-9-22(2)10-17-28/h9-19,23-24H,8,20-21H2,1-7H3,(H,33,37)/t23-,24+/m0/s1. The summed E-state index contributed by atoms with van der Waals surface area (Å²) in [7, 11) is 0.163. The number of hydrogen-bond donors (Lipinski definition) is 1. The molecule has 0 radical (unpaired) electrons. The maximum Gasteiger partial charge on any atom is 0.264 e. The van der Waals surface area contributed by atoms with Gasteiger partial charge >= 0.3 is 0 Å². The fourth-order valence-corrected chi connectivity index (χ4v) is 5.73. The Morgan fingerprint density at radius 2 is 1.47 bits per heavy atom. The van der Waals surface area contributed by atoms with E-state index < -0.39 is 28.5 Å². The molecule has 0 saturated heterocycles. The number of methoxy groups -OCH3 is 3. The molecule has 0 aliphatic heterocycles. The minimum Gasteiger partial charge on any atom is -0.497 e. The molecule has 232 valence electrons. The number of hydrogen-bond acceptors (Lipinski definition) is 7. The fourth-order valence-electron chi connectivity index (χ4n) is 4.32. The molecular formula is C32H41N3O7S. The van der Waals surface area contributed by atoms with Crippen LogP contribution in [0.15, 0.2) is 71.6 Å². The van der Waals surface area contributed by atoms with Gasteiger partial charge in [0.1, 0.15) is 29.8 Å². The van der Waals surface area contributed by atoms with Gasteiger partial charge in [-0.05, 0) is 69.2 Å². The van der Waals surface area contributed by atoms with E-state index in [9.17, 15) is 18.0 Å². The van der Waals surface area contributed by atoms with Crippen LogP contribution in [0.25, 0.3) is 0 Å². The van der Waals surface area contributed by atoms with Gasteiger partial charge in [-0.2, -0.15) is 0 Å². The van der Waals surface area contributed by atoms with Gasteiger partial charge < -0.3 is 24.4 Å². The first-order valence-corrected chi connectivity index (χ1v) is 15.4. The number of nitrogens with one attached hydrogen (secondary N) is 1. The molecule has 0 aromatic heterocycles. The fraction of sp³-hybridized carbons (Fsp3) is 0.375. The molecular weight excluding hydrogens is 570 g/mol. The Hall–Kier alpha value is -4.25. The SMILES string of the molecule is CC[C@H](C)NC(=O)[C@@H](C)N(Cc1ccc(OC)cc1)C(=O)CN(c1cc(OC)ccc1OC)S(=O)(=O)c1ccc(C)cc1. The van der Waals surface area contributed by atoms with Crippen molar-refractivity contribution in [3.63, 3.8) is 0 Å². The molecule has 3 aromatic rings. The number of anilines is 1. The number of carbonyl (C=O) groups excluding carboxylic acids is 2. The van der Waals surface area contributed by atoms with Crippen LogP contribution in [0.1, 0.15) is 38.3 Å². The number of rotatable bonds is 14. The normalized spacial score (nSPS) is 12.5. The van der Waals surface area contributed by atoms with Gasteiger partial charge in [0, 0.05) is 18.7 Å². The molecule has 3 rings (SSSR count). The molecule has 11 heteroatoms. The summed E-state index contributed by atoms with van der Waals surface area (Å²) in [5, 5.41) is 2.93. The van der Waals surface area contributed by atoms with Gasteiger partial charge in [0.05, 0.1) is 31.9 Å². The summed E-state index contributed by atoms with van der Waals surface area (Å²) >= 11 is 0. The van der Waals surface area contributed by atoms with Crippen LogP contribution >= 0.6 is 0 Å². The van der Waals surface area contributed by atoms with Crippen LogP contribution in [0.3, 0.4) is 0 Å². The van der Waals surface area contributed by atoms with Crippen molar-refractivity contribution in [3.8, 4) is 17.2 Å². The van der Waals surface area contributed by atoms with E-state index in [2.05, 4.69) is 5.32 Å². The summed E-state index contributed by atoms with van der Waals surface area (Å²) in [4.78, 5) is 28.8. The zero-order valence-electron chi connectivity index (χ0n) is 25.8. The lowest BCUT2D eigenvalue weighted by Crippen LogP contribution is -2.52. The average Bonchev–Trinajstić information content (AvgIpc) is 3.01. The van der Waals surface area contributed by atoms with Gasteiger partial charge in [-0.1, -0.05) is 36.8 Å². The van der Waals surface area contributed by atoms with Crippen molar-refractivity contribution in [1.82, 2.24) is 10.2 Å². The van der Waals surface area contributed by atoms with Crippen molar-refractivity contribution in [2.75, 3.05) is 32.2 Å². The third kappa shape index (κ3) is 8.19. The number of nitrogens with zero attached hydrogens (tertiary/aromatic N) is 2. The highest BCUT2D eigenvalue weighted by Crippen LogP contribution is 2.36. The second-order valence-corrected chi connectivity index (χ2v) is 12.1. The molecule has 43 heavy (non-hydrogen) atoms. The lowest BCUT2D eigenvalue weighted by Gasteiger charge is -2.33. The molecule has 0 saturated carbocycles. The highest BCUT2D eigenvalue weighted by atomic mass is 32.2. The number of benzene rings is 3. The van der Waals surface area contributed by atoms with Gasteiger partial charge in [-0.25, -0.2) is 8.42 Å². The van der Waals surface area contributed by atoms with Gasteiger partial charge in [0.25, 0.3) is 10.0 Å². The Bertz CT molecular complexity index is 1490. The molecule has 10 nitrogen and oxygen atoms in total. The van der Waals surface area contributed by atoms with Gasteiger partial charge in [-0.15, -0.1) is 0 Å². The molecule has 0 fully saturated rings. The summed E-state index contributed by atoms with van der Waals surface area (Å²) in [6, 6.07) is 17.2. The Kier molecular flexibility index (Phi) is 11.4. The van der Waals surface area contributed by atoms with Crippen LogP contribution < -0.4 is 23.8 Å². The van der Waals surface area contributed by atoms with Crippen molar-refractivity contribution >= 4 is 27.5 Å². The molecule has 2 amide bonds. The molecule has 0 bridgehead atoms. The van der Waals surface area contributed by atoms with Crippen molar-refractivity contribution in [3.05, 3.63) is 77.9 Å². The molecule has 0 aliphatic rings. The maximum absolute atomic E-state index is 14.2. The average molecular weight is 612 g/mol. The third-order valence-electron chi connectivity index (χ3n) is 7.22. The first kappa shape index (κ1) is 33.3. The summed E-state index contributed by atoms with van der Waals surface area (Å²) < 4.78 is 45.4. The van der Waals surface area contributed by atoms with E-state index >= 15 is 0 Å². The van der Waals surface area contributed by atoms with E-state index in [1.807, 2.05) is 20.8 Å². The molecule has 0 heterocycles. The van der Waals surface area contributed by atoms with E-state index in [0.717, 1.165) is 15.4 Å². The lowest BCUT2D eigenvalue weighted by molar-refractivity contribution is -0.139. The quantitative estimate of drug-likeness (QED) is 0.285. The Morgan fingerprint density at radius 1 is 0.860 bits per heavy atom. The number of carbonyl (C=O) groups is 2. The second-order valence-electron chi connectivity index (χ2n) is 10.2. The number of sulfonamides is 1. The van der Waals surface area contributed by atoms with E-state index in [1.54, 1.807) is 62.6 Å².